The molecule has 4 aromatic carbocycles. The van der Waals surface area contributed by atoms with Crippen LogP contribution in [-0.2, 0) is 11.8 Å². The van der Waals surface area contributed by atoms with E-state index in [9.17, 15) is 0 Å². The Balaban J connectivity index is 1.03. The summed E-state index contributed by atoms with van der Waals surface area (Å²) in [5.74, 6) is 0. The van der Waals surface area contributed by atoms with Crippen molar-refractivity contribution < 1.29 is 0 Å². The molecule has 0 heterocycles. The van der Waals surface area contributed by atoms with Gasteiger partial charge in [-0.1, -0.05) is 164 Å². The Labute approximate surface area is 291 Å². The van der Waals surface area contributed by atoms with Gasteiger partial charge in [0.2, 0.25) is 0 Å². The van der Waals surface area contributed by atoms with E-state index in [2.05, 4.69) is 187 Å². The summed E-state index contributed by atoms with van der Waals surface area (Å²) < 4.78 is 0. The van der Waals surface area contributed by atoms with Gasteiger partial charge < -0.3 is 5.32 Å². The maximum atomic E-state index is 3.81. The van der Waals surface area contributed by atoms with Gasteiger partial charge in [0.05, 0.1) is 5.41 Å². The minimum atomic E-state index is -0.197. The molecule has 0 aliphatic heterocycles. The lowest BCUT2D eigenvalue weighted by Crippen LogP contribution is -2.30. The molecule has 0 aromatic heterocycles. The topological polar surface area (TPSA) is 12.0 Å². The van der Waals surface area contributed by atoms with Crippen LogP contribution in [0, 0.1) is 0 Å². The van der Waals surface area contributed by atoms with Crippen molar-refractivity contribution in [2.45, 2.75) is 37.5 Å². The molecular formula is C48H41N. The van der Waals surface area contributed by atoms with E-state index in [1.54, 1.807) is 0 Å². The smallest absolute Gasteiger partial charge is 0.0642 e. The Hall–Kier alpha value is -5.66. The van der Waals surface area contributed by atoms with Crippen LogP contribution < -0.4 is 5.32 Å². The Bertz CT molecular complexity index is 2140. The van der Waals surface area contributed by atoms with E-state index in [1.165, 1.54) is 55.7 Å². The van der Waals surface area contributed by atoms with Crippen molar-refractivity contribution in [2.24, 2.45) is 0 Å². The highest BCUT2D eigenvalue weighted by atomic mass is 14.9. The summed E-state index contributed by atoms with van der Waals surface area (Å²) in [5.41, 5.74) is 16.0. The molecule has 0 spiro atoms. The average molecular weight is 632 g/mol. The van der Waals surface area contributed by atoms with E-state index in [1.807, 2.05) is 0 Å². The molecule has 1 nitrogen and oxygen atoms in total. The fourth-order valence-electron chi connectivity index (χ4n) is 8.08. The molecule has 0 saturated heterocycles. The number of para-hydroxylation sites is 1. The van der Waals surface area contributed by atoms with Gasteiger partial charge in [-0.3, -0.25) is 0 Å². The summed E-state index contributed by atoms with van der Waals surface area (Å²) in [5, 5.41) is 3.81. The van der Waals surface area contributed by atoms with Gasteiger partial charge in [-0.05, 0) is 100 Å². The summed E-state index contributed by atoms with van der Waals surface area (Å²) in [4.78, 5) is 0. The molecule has 4 aromatic rings. The summed E-state index contributed by atoms with van der Waals surface area (Å²) >= 11 is 0. The molecule has 0 amide bonds. The van der Waals surface area contributed by atoms with Crippen molar-refractivity contribution >= 4 is 23.0 Å². The number of anilines is 2. The quantitative estimate of drug-likeness (QED) is 0.162. The van der Waals surface area contributed by atoms with E-state index in [4.69, 9.17) is 0 Å². The average Bonchev–Trinajstić information content (AvgIpc) is 3.96. The molecule has 4 aliphatic rings. The SMILES string of the molecule is C1=CCC(C2(c3ccccc3)C3=CCC(c4ccccc4Nc4cccc(/C=C\C/C=C\C=CCc5ccccc5)c4)=C3C3=C2CC=C3)=C1. The Kier molecular flexibility index (Phi) is 8.65. The van der Waals surface area contributed by atoms with E-state index in [-0.39, 0.29) is 5.41 Å². The van der Waals surface area contributed by atoms with Gasteiger partial charge in [0.25, 0.3) is 0 Å². The third-order valence-electron chi connectivity index (χ3n) is 10.2. The van der Waals surface area contributed by atoms with Crippen LogP contribution in [0.2, 0.25) is 0 Å². The Morgan fingerprint density at radius 2 is 1.53 bits per heavy atom. The van der Waals surface area contributed by atoms with Crippen LogP contribution in [0.25, 0.3) is 11.6 Å². The number of allylic oxidation sites excluding steroid dienone is 17. The van der Waals surface area contributed by atoms with Crippen LogP contribution in [0.1, 0.15) is 47.9 Å². The standard InChI is InChI=1S/C48H41N/c1(3-7-19-36-20-9-5-10-21-36)2-4-8-22-37-23-17-28-40(35-37)49-46-32-16-15-29-41(46)42-33-34-45-47(42)43-30-18-31-44(43)48(45,39-26-13-14-27-39)38-24-11-6-12-25-38/h1-3,5-18,20-26,28-30,32,34-35,49H,4,19,27,31,33H2/b2-1-,7-3?,22-8-. The summed E-state index contributed by atoms with van der Waals surface area (Å²) in [6, 6.07) is 39.3. The molecule has 1 heteroatoms. The molecule has 1 atom stereocenters. The van der Waals surface area contributed by atoms with Crippen molar-refractivity contribution in [3.8, 4) is 0 Å². The third kappa shape index (κ3) is 5.87. The van der Waals surface area contributed by atoms with Gasteiger partial charge in [0.1, 0.15) is 0 Å². The molecule has 4 aliphatic carbocycles. The molecule has 49 heavy (non-hydrogen) atoms. The van der Waals surface area contributed by atoms with E-state index in [0.717, 1.165) is 43.5 Å². The molecule has 0 radical (unpaired) electrons. The first-order valence-electron chi connectivity index (χ1n) is 17.6. The lowest BCUT2D eigenvalue weighted by Gasteiger charge is -2.36. The van der Waals surface area contributed by atoms with Crippen LogP contribution in [0.5, 0.6) is 0 Å². The molecule has 238 valence electrons. The lowest BCUT2D eigenvalue weighted by molar-refractivity contribution is 0.693. The molecule has 0 bridgehead atoms. The Morgan fingerprint density at radius 1 is 0.714 bits per heavy atom. The van der Waals surface area contributed by atoms with Gasteiger partial charge >= 0.3 is 0 Å². The maximum absolute atomic E-state index is 3.81. The largest absolute Gasteiger partial charge is 0.355 e. The number of rotatable bonds is 11. The number of benzene rings is 4. The number of nitrogens with one attached hydrogen (secondary N) is 1. The van der Waals surface area contributed by atoms with E-state index < -0.39 is 0 Å². The Morgan fingerprint density at radius 3 is 2.39 bits per heavy atom. The minimum absolute atomic E-state index is 0.197. The van der Waals surface area contributed by atoms with Crippen molar-refractivity contribution in [1.29, 1.82) is 0 Å². The predicted octanol–water partition coefficient (Wildman–Crippen LogP) is 12.4. The second kappa shape index (κ2) is 13.8. The lowest BCUT2D eigenvalue weighted by atomic mass is 9.65. The first kappa shape index (κ1) is 30.7. The molecule has 1 unspecified atom stereocenters. The zero-order chi connectivity index (χ0) is 32.9. The number of hydrogen-bond donors (Lipinski definition) is 1. The first-order valence-corrected chi connectivity index (χ1v) is 17.6. The van der Waals surface area contributed by atoms with Crippen molar-refractivity contribution in [3.63, 3.8) is 0 Å². The highest BCUT2D eigenvalue weighted by Crippen LogP contribution is 2.63. The fraction of sp³-hybridized carbons (Fsp3) is 0.125. The molecule has 0 saturated carbocycles. The van der Waals surface area contributed by atoms with Crippen LogP contribution in [0.4, 0.5) is 11.4 Å². The summed E-state index contributed by atoms with van der Waals surface area (Å²) in [7, 11) is 0. The van der Waals surface area contributed by atoms with Crippen LogP contribution in [-0.4, -0.2) is 0 Å². The maximum Gasteiger partial charge on any atom is 0.0642 e. The van der Waals surface area contributed by atoms with Crippen LogP contribution in [0.15, 0.2) is 204 Å². The van der Waals surface area contributed by atoms with Gasteiger partial charge in [0, 0.05) is 16.9 Å². The second-order valence-electron chi connectivity index (χ2n) is 13.1. The van der Waals surface area contributed by atoms with Crippen molar-refractivity contribution in [3.05, 3.63) is 226 Å². The van der Waals surface area contributed by atoms with Gasteiger partial charge in [0.15, 0.2) is 0 Å². The number of fused-ring (bicyclic) bond motifs is 2. The van der Waals surface area contributed by atoms with Gasteiger partial charge in [-0.15, -0.1) is 0 Å². The zero-order valence-corrected chi connectivity index (χ0v) is 27.9. The highest BCUT2D eigenvalue weighted by Gasteiger charge is 2.52. The monoisotopic (exact) mass is 631 g/mol. The fourth-order valence-corrected chi connectivity index (χ4v) is 8.08. The van der Waals surface area contributed by atoms with Crippen LogP contribution >= 0.6 is 0 Å². The summed E-state index contributed by atoms with van der Waals surface area (Å²) in [6.45, 7) is 0. The summed E-state index contributed by atoms with van der Waals surface area (Å²) in [6.07, 6.45) is 32.1. The van der Waals surface area contributed by atoms with E-state index in [0.29, 0.717) is 0 Å². The normalized spacial score (nSPS) is 19.5. The predicted molar refractivity (Wildman–Crippen MR) is 209 cm³/mol. The number of hydrogen-bond acceptors (Lipinski definition) is 1. The third-order valence-corrected chi connectivity index (χ3v) is 10.2. The van der Waals surface area contributed by atoms with Crippen LogP contribution in [0.3, 0.4) is 0 Å². The molecule has 0 fully saturated rings. The van der Waals surface area contributed by atoms with Crippen molar-refractivity contribution in [1.82, 2.24) is 0 Å². The molecule has 1 N–H and O–H groups in total. The zero-order valence-electron chi connectivity index (χ0n) is 27.9. The van der Waals surface area contributed by atoms with Gasteiger partial charge in [-0.2, -0.15) is 0 Å². The van der Waals surface area contributed by atoms with Crippen molar-refractivity contribution in [2.75, 3.05) is 5.32 Å². The van der Waals surface area contributed by atoms with Gasteiger partial charge in [-0.25, -0.2) is 0 Å². The second-order valence-corrected chi connectivity index (χ2v) is 13.1. The highest BCUT2D eigenvalue weighted by molar-refractivity contribution is 5.94. The molecule has 8 rings (SSSR count). The van der Waals surface area contributed by atoms with E-state index >= 15 is 0 Å². The minimum Gasteiger partial charge on any atom is -0.355 e. The molecular weight excluding hydrogens is 591 g/mol. The first-order chi connectivity index (χ1) is 24.3.